The molecule has 3 heterocycles. The molecule has 0 aliphatic carbocycles. The number of rotatable bonds is 6. The summed E-state index contributed by atoms with van der Waals surface area (Å²) in [6.07, 6.45) is 4.66. The standard InChI is InChI=1S/C18H30N4O4S/c1-4-13-27(24,25)22-10-7-18(8-11-22)17-19-9-12-21(17)14-15(26-18)16(23)20(5-2)6-3/h9,12,15H,4-8,10-11,13-14H2,1-3H3. The van der Waals surface area contributed by atoms with Crippen molar-refractivity contribution in [2.24, 2.45) is 0 Å². The molecule has 2 aliphatic heterocycles. The summed E-state index contributed by atoms with van der Waals surface area (Å²) in [5, 5.41) is 0. The number of fused-ring (bicyclic) bond motifs is 2. The first-order valence-electron chi connectivity index (χ1n) is 9.83. The summed E-state index contributed by atoms with van der Waals surface area (Å²) in [6.45, 7) is 8.30. The molecular formula is C18H30N4O4S. The van der Waals surface area contributed by atoms with Crippen LogP contribution in [0.25, 0.3) is 0 Å². The average molecular weight is 399 g/mol. The summed E-state index contributed by atoms with van der Waals surface area (Å²) in [6, 6.07) is 0. The van der Waals surface area contributed by atoms with Gasteiger partial charge in [0, 0.05) is 38.6 Å². The SMILES string of the molecule is CCCS(=O)(=O)N1CCC2(CC1)OC(C(=O)N(CC)CC)Cn1ccnc12. The second kappa shape index (κ2) is 7.89. The van der Waals surface area contributed by atoms with Gasteiger partial charge in [-0.3, -0.25) is 4.79 Å². The number of aromatic nitrogens is 2. The topological polar surface area (TPSA) is 84.7 Å². The van der Waals surface area contributed by atoms with Gasteiger partial charge < -0.3 is 14.2 Å². The first kappa shape index (κ1) is 20.3. The van der Waals surface area contributed by atoms with Gasteiger partial charge in [0.25, 0.3) is 5.91 Å². The van der Waals surface area contributed by atoms with Crippen LogP contribution < -0.4 is 0 Å². The number of nitrogens with zero attached hydrogens (tertiary/aromatic N) is 4. The number of sulfonamides is 1. The Morgan fingerprint density at radius 1 is 1.30 bits per heavy atom. The lowest BCUT2D eigenvalue weighted by Gasteiger charge is -2.45. The molecule has 27 heavy (non-hydrogen) atoms. The smallest absolute Gasteiger partial charge is 0.253 e. The van der Waals surface area contributed by atoms with Gasteiger partial charge in [-0.15, -0.1) is 0 Å². The maximum atomic E-state index is 12.9. The quantitative estimate of drug-likeness (QED) is 0.718. The van der Waals surface area contributed by atoms with E-state index in [0.29, 0.717) is 52.0 Å². The van der Waals surface area contributed by atoms with Crippen LogP contribution in [-0.4, -0.2) is 71.1 Å². The third kappa shape index (κ3) is 3.77. The minimum atomic E-state index is -3.23. The minimum absolute atomic E-state index is 0.0141. The highest BCUT2D eigenvalue weighted by atomic mass is 32.2. The molecule has 1 saturated heterocycles. The molecule has 1 amide bonds. The third-order valence-electron chi connectivity index (χ3n) is 5.59. The van der Waals surface area contributed by atoms with E-state index in [1.165, 1.54) is 0 Å². The van der Waals surface area contributed by atoms with Gasteiger partial charge in [-0.25, -0.2) is 17.7 Å². The predicted octanol–water partition coefficient (Wildman–Crippen LogP) is 1.18. The number of hydrogen-bond acceptors (Lipinski definition) is 5. The van der Waals surface area contributed by atoms with Crippen molar-refractivity contribution in [1.82, 2.24) is 18.8 Å². The lowest BCUT2D eigenvalue weighted by molar-refractivity contribution is -0.178. The van der Waals surface area contributed by atoms with Crippen LogP contribution in [-0.2, 0) is 31.7 Å². The van der Waals surface area contributed by atoms with Gasteiger partial charge in [0.2, 0.25) is 10.0 Å². The van der Waals surface area contributed by atoms with Gasteiger partial charge in [0.15, 0.2) is 6.10 Å². The molecule has 1 spiro atoms. The highest BCUT2D eigenvalue weighted by molar-refractivity contribution is 7.89. The van der Waals surface area contributed by atoms with E-state index in [1.54, 1.807) is 15.4 Å². The van der Waals surface area contributed by atoms with Gasteiger partial charge in [0.1, 0.15) is 11.4 Å². The molecule has 3 rings (SSSR count). The van der Waals surface area contributed by atoms with E-state index in [9.17, 15) is 13.2 Å². The Morgan fingerprint density at radius 3 is 2.56 bits per heavy atom. The van der Waals surface area contributed by atoms with Gasteiger partial charge in [-0.05, 0) is 33.1 Å². The Morgan fingerprint density at radius 2 is 1.96 bits per heavy atom. The lowest BCUT2D eigenvalue weighted by atomic mass is 9.89. The molecule has 8 nitrogen and oxygen atoms in total. The fourth-order valence-electron chi connectivity index (χ4n) is 4.12. The zero-order chi connectivity index (χ0) is 19.7. The van der Waals surface area contributed by atoms with Crippen molar-refractivity contribution in [3.63, 3.8) is 0 Å². The van der Waals surface area contributed by atoms with Gasteiger partial charge >= 0.3 is 0 Å². The van der Waals surface area contributed by atoms with E-state index in [0.717, 1.165) is 5.82 Å². The van der Waals surface area contributed by atoms with Crippen molar-refractivity contribution in [3.05, 3.63) is 18.2 Å². The number of ether oxygens (including phenoxy) is 1. The minimum Gasteiger partial charge on any atom is -0.352 e. The number of carbonyl (C=O) groups is 1. The molecule has 1 unspecified atom stereocenters. The Balaban J connectivity index is 1.82. The van der Waals surface area contributed by atoms with Crippen LogP contribution in [0.4, 0.5) is 0 Å². The Hall–Kier alpha value is -1.45. The normalized spacial score (nSPS) is 22.6. The summed E-state index contributed by atoms with van der Waals surface area (Å²) in [5.74, 6) is 0.955. The molecule has 9 heteroatoms. The zero-order valence-electron chi connectivity index (χ0n) is 16.4. The van der Waals surface area contributed by atoms with E-state index in [-0.39, 0.29) is 11.7 Å². The molecule has 0 aromatic carbocycles. The highest BCUT2D eigenvalue weighted by Gasteiger charge is 2.48. The molecule has 1 aromatic heterocycles. The molecule has 152 valence electrons. The Labute approximate surface area is 161 Å². The number of amides is 1. The summed E-state index contributed by atoms with van der Waals surface area (Å²) in [5.41, 5.74) is -0.701. The van der Waals surface area contributed by atoms with E-state index < -0.39 is 21.7 Å². The Kier molecular flexibility index (Phi) is 5.93. The maximum absolute atomic E-state index is 12.9. The van der Waals surface area contributed by atoms with Crippen LogP contribution in [0.15, 0.2) is 12.4 Å². The molecule has 2 aliphatic rings. The van der Waals surface area contributed by atoms with Crippen molar-refractivity contribution in [2.75, 3.05) is 31.9 Å². The van der Waals surface area contributed by atoms with Crippen LogP contribution in [0, 0.1) is 0 Å². The monoisotopic (exact) mass is 398 g/mol. The molecular weight excluding hydrogens is 368 g/mol. The molecule has 1 atom stereocenters. The fourth-order valence-corrected chi connectivity index (χ4v) is 5.63. The van der Waals surface area contributed by atoms with Crippen LogP contribution in [0.2, 0.25) is 0 Å². The zero-order valence-corrected chi connectivity index (χ0v) is 17.2. The van der Waals surface area contributed by atoms with Crippen molar-refractivity contribution in [1.29, 1.82) is 0 Å². The van der Waals surface area contributed by atoms with Crippen molar-refractivity contribution >= 4 is 15.9 Å². The van der Waals surface area contributed by atoms with Gasteiger partial charge in [0.05, 0.1) is 12.3 Å². The van der Waals surface area contributed by atoms with Gasteiger partial charge in [-0.1, -0.05) is 6.92 Å². The number of likely N-dealkylation sites (N-methyl/N-ethyl adjacent to an activating group) is 1. The molecule has 1 fully saturated rings. The summed E-state index contributed by atoms with van der Waals surface area (Å²) < 4.78 is 34.7. The van der Waals surface area contributed by atoms with E-state index in [2.05, 4.69) is 4.98 Å². The third-order valence-corrected chi connectivity index (χ3v) is 7.67. The fraction of sp³-hybridized carbons (Fsp3) is 0.778. The second-order valence-electron chi connectivity index (χ2n) is 7.23. The van der Waals surface area contributed by atoms with Crippen molar-refractivity contribution in [3.8, 4) is 0 Å². The molecule has 0 bridgehead atoms. The average Bonchev–Trinajstić information content (AvgIpc) is 3.12. The summed E-state index contributed by atoms with van der Waals surface area (Å²) in [4.78, 5) is 19.1. The number of imidazole rings is 1. The van der Waals surface area contributed by atoms with Crippen LogP contribution >= 0.6 is 0 Å². The van der Waals surface area contributed by atoms with Crippen LogP contribution in [0.5, 0.6) is 0 Å². The summed E-state index contributed by atoms with van der Waals surface area (Å²) in [7, 11) is -3.23. The summed E-state index contributed by atoms with van der Waals surface area (Å²) >= 11 is 0. The highest BCUT2D eigenvalue weighted by Crippen LogP contribution is 2.40. The molecule has 0 N–H and O–H groups in total. The van der Waals surface area contributed by atoms with Crippen LogP contribution in [0.1, 0.15) is 45.9 Å². The second-order valence-corrected chi connectivity index (χ2v) is 9.32. The number of piperidine rings is 1. The van der Waals surface area contributed by atoms with Gasteiger partial charge in [-0.2, -0.15) is 0 Å². The Bertz CT molecular complexity index is 764. The first-order chi connectivity index (χ1) is 12.9. The molecule has 0 radical (unpaired) electrons. The predicted molar refractivity (Wildman–Crippen MR) is 102 cm³/mol. The van der Waals surface area contributed by atoms with E-state index in [4.69, 9.17) is 4.74 Å². The largest absolute Gasteiger partial charge is 0.352 e. The van der Waals surface area contributed by atoms with Crippen molar-refractivity contribution < 1.29 is 17.9 Å². The van der Waals surface area contributed by atoms with Crippen molar-refractivity contribution in [2.45, 2.75) is 58.3 Å². The maximum Gasteiger partial charge on any atom is 0.253 e. The molecule has 0 saturated carbocycles. The number of carbonyl (C=O) groups excluding carboxylic acids is 1. The first-order valence-corrected chi connectivity index (χ1v) is 11.4. The van der Waals surface area contributed by atoms with E-state index >= 15 is 0 Å². The molecule has 1 aromatic rings. The van der Waals surface area contributed by atoms with Crippen LogP contribution in [0.3, 0.4) is 0 Å². The number of hydrogen-bond donors (Lipinski definition) is 0. The lowest BCUT2D eigenvalue weighted by Crippen LogP contribution is -2.55. The van der Waals surface area contributed by atoms with E-state index in [1.807, 2.05) is 31.5 Å².